The van der Waals surface area contributed by atoms with Gasteiger partial charge in [-0.25, -0.2) is 0 Å². The second-order valence-corrected chi connectivity index (χ2v) is 6.90. The maximum absolute atomic E-state index is 9.82. The van der Waals surface area contributed by atoms with E-state index in [1.54, 1.807) is 0 Å². The molecule has 1 aliphatic carbocycles. The summed E-state index contributed by atoms with van der Waals surface area (Å²) in [6, 6.07) is 20.3. The zero-order valence-corrected chi connectivity index (χ0v) is 14.2. The summed E-state index contributed by atoms with van der Waals surface area (Å²) in [5, 5.41) is 9.82. The normalized spacial score (nSPS) is 30.2. The molecule has 1 N–H and O–H groups in total. The van der Waals surface area contributed by atoms with Gasteiger partial charge in [0, 0.05) is 12.3 Å². The third-order valence-corrected chi connectivity index (χ3v) is 5.34. The van der Waals surface area contributed by atoms with Crippen LogP contribution in [0.2, 0.25) is 0 Å². The summed E-state index contributed by atoms with van der Waals surface area (Å²) in [5.41, 5.74) is 1.84. The molecule has 132 valence electrons. The second kappa shape index (κ2) is 7.26. The molecule has 1 heterocycles. The van der Waals surface area contributed by atoms with E-state index in [1.807, 2.05) is 36.4 Å². The van der Waals surface area contributed by atoms with Crippen LogP contribution in [0.3, 0.4) is 0 Å². The van der Waals surface area contributed by atoms with E-state index >= 15 is 0 Å². The Bertz CT molecular complexity index is 671. The number of hydrogen-bond acceptors (Lipinski definition) is 4. The molecule has 25 heavy (non-hydrogen) atoms. The molecule has 1 saturated heterocycles. The summed E-state index contributed by atoms with van der Waals surface area (Å²) < 4.78 is 17.9. The van der Waals surface area contributed by atoms with Crippen molar-refractivity contribution in [3.63, 3.8) is 0 Å². The molecule has 2 aromatic rings. The number of aliphatic hydroxyl groups excluding tert-OH is 1. The average Bonchev–Trinajstić information content (AvgIpc) is 3.30. The fourth-order valence-corrected chi connectivity index (χ4v) is 3.84. The molecule has 2 fully saturated rings. The Kier molecular flexibility index (Phi) is 4.86. The highest BCUT2D eigenvalue weighted by Crippen LogP contribution is 2.54. The number of hydrogen-bond donors (Lipinski definition) is 1. The molecule has 1 saturated carbocycles. The van der Waals surface area contributed by atoms with Gasteiger partial charge in [0.2, 0.25) is 0 Å². The van der Waals surface area contributed by atoms with Gasteiger partial charge >= 0.3 is 0 Å². The van der Waals surface area contributed by atoms with Gasteiger partial charge in [-0.3, -0.25) is 0 Å². The van der Waals surface area contributed by atoms with E-state index in [4.69, 9.17) is 14.2 Å². The van der Waals surface area contributed by atoms with Crippen molar-refractivity contribution in [2.24, 2.45) is 5.92 Å². The van der Waals surface area contributed by atoms with Gasteiger partial charge in [-0.15, -0.1) is 0 Å². The Labute approximate surface area is 148 Å². The van der Waals surface area contributed by atoms with Crippen molar-refractivity contribution in [2.45, 2.75) is 37.4 Å². The molecule has 2 aliphatic rings. The highest BCUT2D eigenvalue weighted by atomic mass is 16.6. The summed E-state index contributed by atoms with van der Waals surface area (Å²) in [6.07, 6.45) is 0.984. The van der Waals surface area contributed by atoms with Gasteiger partial charge in [0.25, 0.3) is 0 Å². The lowest BCUT2D eigenvalue weighted by Gasteiger charge is -2.26. The number of ether oxygens (including phenoxy) is 3. The van der Waals surface area contributed by atoms with Crippen LogP contribution in [0.15, 0.2) is 60.7 Å². The largest absolute Gasteiger partial charge is 0.393 e. The predicted molar refractivity (Wildman–Crippen MR) is 93.9 cm³/mol. The maximum atomic E-state index is 9.82. The Morgan fingerprint density at radius 1 is 0.960 bits per heavy atom. The number of aliphatic hydroxyl groups is 1. The number of benzene rings is 2. The van der Waals surface area contributed by atoms with Crippen molar-refractivity contribution in [2.75, 3.05) is 13.2 Å². The van der Waals surface area contributed by atoms with Crippen LogP contribution in [0.4, 0.5) is 0 Å². The fourth-order valence-electron chi connectivity index (χ4n) is 3.84. The number of epoxide rings is 1. The molecule has 4 nitrogen and oxygen atoms in total. The van der Waals surface area contributed by atoms with E-state index in [-0.39, 0.29) is 24.7 Å². The maximum Gasteiger partial charge on any atom is 0.125 e. The van der Waals surface area contributed by atoms with Crippen LogP contribution in [-0.2, 0) is 27.4 Å². The second-order valence-electron chi connectivity index (χ2n) is 6.90. The topological polar surface area (TPSA) is 51.2 Å². The Hall–Kier alpha value is -1.72. The highest BCUT2D eigenvalue weighted by Gasteiger charge is 2.69. The molecule has 0 aromatic heterocycles. The number of rotatable bonds is 8. The molecule has 2 aromatic carbocycles. The average molecular weight is 340 g/mol. The minimum Gasteiger partial charge on any atom is -0.393 e. The number of fused-ring (bicyclic) bond motifs is 1. The molecule has 4 atom stereocenters. The Morgan fingerprint density at radius 2 is 1.60 bits per heavy atom. The van der Waals surface area contributed by atoms with Crippen molar-refractivity contribution in [1.82, 2.24) is 0 Å². The lowest BCUT2D eigenvalue weighted by atomic mass is 9.94. The van der Waals surface area contributed by atoms with Crippen molar-refractivity contribution in [3.05, 3.63) is 71.8 Å². The molecule has 4 heteroatoms. The van der Waals surface area contributed by atoms with Crippen LogP contribution in [0.5, 0.6) is 0 Å². The van der Waals surface area contributed by atoms with Crippen molar-refractivity contribution < 1.29 is 19.3 Å². The quantitative estimate of drug-likeness (QED) is 0.751. The van der Waals surface area contributed by atoms with Crippen LogP contribution < -0.4 is 0 Å². The van der Waals surface area contributed by atoms with Crippen LogP contribution in [0.1, 0.15) is 17.5 Å². The summed E-state index contributed by atoms with van der Waals surface area (Å²) >= 11 is 0. The smallest absolute Gasteiger partial charge is 0.125 e. The molecule has 4 rings (SSSR count). The van der Waals surface area contributed by atoms with E-state index in [2.05, 4.69) is 24.3 Å². The van der Waals surface area contributed by atoms with E-state index in [0.29, 0.717) is 19.8 Å². The summed E-state index contributed by atoms with van der Waals surface area (Å²) in [4.78, 5) is 0. The molecule has 0 radical (unpaired) electrons. The van der Waals surface area contributed by atoms with Gasteiger partial charge < -0.3 is 19.3 Å². The zero-order valence-electron chi connectivity index (χ0n) is 14.2. The fraction of sp³-hybridized carbons (Fsp3) is 0.429. The van der Waals surface area contributed by atoms with E-state index < -0.39 is 5.60 Å². The Morgan fingerprint density at radius 3 is 2.24 bits per heavy atom. The first-order valence-electron chi connectivity index (χ1n) is 8.88. The van der Waals surface area contributed by atoms with Gasteiger partial charge in [-0.05, 0) is 11.1 Å². The molecule has 0 bridgehead atoms. The third-order valence-electron chi connectivity index (χ3n) is 5.34. The van der Waals surface area contributed by atoms with Gasteiger partial charge in [-0.2, -0.15) is 0 Å². The van der Waals surface area contributed by atoms with E-state index in [1.165, 1.54) is 0 Å². The van der Waals surface area contributed by atoms with Gasteiger partial charge in [-0.1, -0.05) is 60.7 Å². The summed E-state index contributed by atoms with van der Waals surface area (Å²) in [5.74, 6) is 0.0647. The predicted octanol–water partition coefficient (Wildman–Crippen LogP) is 2.94. The van der Waals surface area contributed by atoms with Crippen LogP contribution in [0.25, 0.3) is 0 Å². The van der Waals surface area contributed by atoms with Crippen molar-refractivity contribution in [3.8, 4) is 0 Å². The zero-order chi connectivity index (χ0) is 17.1. The van der Waals surface area contributed by atoms with E-state index in [0.717, 1.165) is 17.5 Å². The summed E-state index contributed by atoms with van der Waals surface area (Å²) in [7, 11) is 0. The molecular formula is C21H24O4. The lowest BCUT2D eigenvalue weighted by molar-refractivity contribution is -0.0695. The SMILES string of the molecule is OCC12OC1CC(OCc1ccccc1)C2COCc1ccccc1. The molecule has 0 spiro atoms. The third kappa shape index (κ3) is 3.48. The van der Waals surface area contributed by atoms with Crippen molar-refractivity contribution in [1.29, 1.82) is 0 Å². The summed E-state index contributed by atoms with van der Waals surface area (Å²) in [6.45, 7) is 1.71. The first-order chi connectivity index (χ1) is 12.3. The van der Waals surface area contributed by atoms with Gasteiger partial charge in [0.1, 0.15) is 5.60 Å². The van der Waals surface area contributed by atoms with Crippen molar-refractivity contribution >= 4 is 0 Å². The van der Waals surface area contributed by atoms with Crippen LogP contribution in [0, 0.1) is 5.92 Å². The molecular weight excluding hydrogens is 316 g/mol. The van der Waals surface area contributed by atoms with Gasteiger partial charge in [0.05, 0.1) is 38.6 Å². The first-order valence-corrected chi connectivity index (χ1v) is 8.88. The standard InChI is InChI=1S/C21H24O4/c22-15-21-18(14-23-12-16-7-3-1-4-8-16)19(11-20(21)25-21)24-13-17-9-5-2-6-10-17/h1-10,18-20,22H,11-15H2. The first kappa shape index (κ1) is 16.7. The molecule has 0 amide bonds. The van der Waals surface area contributed by atoms with E-state index in [9.17, 15) is 5.11 Å². The minimum atomic E-state index is -0.460. The van der Waals surface area contributed by atoms with Crippen LogP contribution >= 0.6 is 0 Å². The Balaban J connectivity index is 1.35. The van der Waals surface area contributed by atoms with Crippen LogP contribution in [-0.4, -0.2) is 36.1 Å². The lowest BCUT2D eigenvalue weighted by Crippen LogP contribution is -2.37. The minimum absolute atomic E-state index is 0.0300. The van der Waals surface area contributed by atoms with Gasteiger partial charge in [0.15, 0.2) is 0 Å². The molecule has 4 unspecified atom stereocenters. The monoisotopic (exact) mass is 340 g/mol. The molecule has 1 aliphatic heterocycles. The highest BCUT2D eigenvalue weighted by molar-refractivity contribution is 5.18.